The fourth-order valence-corrected chi connectivity index (χ4v) is 15.7. The van der Waals surface area contributed by atoms with Crippen LogP contribution in [0, 0.1) is 325 Å². The first-order valence-electron chi connectivity index (χ1n) is 41.2. The van der Waals surface area contributed by atoms with Crippen LogP contribution >= 0.6 is 0 Å². The van der Waals surface area contributed by atoms with Gasteiger partial charge in [-0.25, -0.2) is 19.9 Å². The number of hydrogen-bond acceptors (Lipinski definition) is 11. The average molecular weight is 1550 g/mol. The average Bonchev–Trinajstić information content (AvgIpc) is 0.780. The van der Waals surface area contributed by atoms with Crippen molar-refractivity contribution < 1.29 is 0 Å². The Kier molecular flexibility index (Phi) is 30.8. The van der Waals surface area contributed by atoms with E-state index in [1.54, 1.807) is 0 Å². The highest BCUT2D eigenvalue weighted by Gasteiger charge is 2.21. The number of nitrogens with zero attached hydrogens (tertiary/aromatic N) is 11. The molecule has 0 saturated heterocycles. The van der Waals surface area contributed by atoms with Crippen LogP contribution in [0.15, 0.2) is 0 Å². The minimum absolute atomic E-state index is 0.862. The number of aromatic nitrogens is 11. The van der Waals surface area contributed by atoms with Gasteiger partial charge in [0, 0.05) is 78.2 Å². The monoisotopic (exact) mass is 1540 g/mol. The van der Waals surface area contributed by atoms with Crippen LogP contribution in [0.25, 0.3) is 54.5 Å². The third-order valence-corrected chi connectivity index (χ3v) is 27.3. The standard InChI is InChI=1S/5C16H21N.3C8H12N2/c5*1-8-9(2)13(6)16-15(11(8)4)12(5)10(3)14(7)17-16;1-5-6(2)10-8(4)7(3)9-5;2*1-5-6(2)9-8(4)10-7(5)3/h5*1-7H3;3*1-4H3. The Bertz CT molecular complexity index is 5170. The maximum atomic E-state index is 4.80. The first-order chi connectivity index (χ1) is 53.1. The van der Waals surface area contributed by atoms with Gasteiger partial charge in [-0.3, -0.25) is 34.9 Å². The minimum atomic E-state index is 0.862. The lowest BCUT2D eigenvalue weighted by Crippen LogP contribution is -2.01. The van der Waals surface area contributed by atoms with E-state index in [9.17, 15) is 0 Å². The number of rotatable bonds is 0. The van der Waals surface area contributed by atoms with Crippen molar-refractivity contribution in [2.75, 3.05) is 0 Å². The van der Waals surface area contributed by atoms with Gasteiger partial charge in [0.2, 0.25) is 0 Å². The van der Waals surface area contributed by atoms with E-state index in [-0.39, 0.29) is 0 Å². The van der Waals surface area contributed by atoms with E-state index in [0.29, 0.717) is 0 Å². The molecule has 0 fully saturated rings. The number of aryl methyl sites for hydroxylation is 30. The van der Waals surface area contributed by atoms with Crippen LogP contribution in [0.1, 0.15) is 264 Å². The zero-order valence-electron chi connectivity index (χ0n) is 80.4. The Morgan fingerprint density at radius 2 is 0.200 bits per heavy atom. The summed E-state index contributed by atoms with van der Waals surface area (Å²) in [5.74, 6) is 1.72. The Morgan fingerprint density at radius 3 is 0.339 bits per heavy atom. The van der Waals surface area contributed by atoms with Gasteiger partial charge in [0.25, 0.3) is 0 Å². The zero-order valence-corrected chi connectivity index (χ0v) is 80.4. The van der Waals surface area contributed by atoms with Gasteiger partial charge in [-0.05, 0) is 503 Å². The molecule has 0 atom stereocenters. The third-order valence-electron chi connectivity index (χ3n) is 27.3. The van der Waals surface area contributed by atoms with E-state index in [1.165, 1.54) is 233 Å². The van der Waals surface area contributed by atoms with Gasteiger partial charge in [-0.2, -0.15) is 0 Å². The highest BCUT2D eigenvalue weighted by molar-refractivity contribution is 5.95. The molecule has 0 aliphatic heterocycles. The topological polar surface area (TPSA) is 142 Å². The van der Waals surface area contributed by atoms with Crippen LogP contribution in [0.4, 0.5) is 0 Å². The summed E-state index contributed by atoms with van der Waals surface area (Å²) in [5, 5.41) is 6.78. The molecule has 8 heterocycles. The first kappa shape index (κ1) is 94.2. The Hall–Kier alpha value is -9.61. The summed E-state index contributed by atoms with van der Waals surface area (Å²) in [6.07, 6.45) is 0. The van der Waals surface area contributed by atoms with E-state index in [1.807, 2.05) is 83.1 Å². The van der Waals surface area contributed by atoms with Crippen molar-refractivity contribution in [3.05, 3.63) is 264 Å². The van der Waals surface area contributed by atoms with Crippen LogP contribution in [0.5, 0.6) is 0 Å². The van der Waals surface area contributed by atoms with Gasteiger partial charge in [-0.15, -0.1) is 0 Å². The molecule has 11 nitrogen and oxygen atoms in total. The number of hydrogen-bond donors (Lipinski definition) is 0. The number of fused-ring (bicyclic) bond motifs is 5. The minimum Gasteiger partial charge on any atom is -0.255 e. The maximum absolute atomic E-state index is 4.80. The molecule has 0 aliphatic rings. The van der Waals surface area contributed by atoms with E-state index in [0.717, 1.165) is 85.7 Å². The molecule has 11 heteroatoms. The molecule has 0 N–H and O–H groups in total. The summed E-state index contributed by atoms with van der Waals surface area (Å²) in [6, 6.07) is 0. The van der Waals surface area contributed by atoms with Crippen molar-refractivity contribution in [3.8, 4) is 0 Å². The predicted octanol–water partition coefficient (Wildman–Crippen LogP) is 27.1. The van der Waals surface area contributed by atoms with Crippen molar-refractivity contribution in [1.29, 1.82) is 0 Å². The normalized spacial score (nSPS) is 10.9. The molecule has 13 rings (SSSR count). The lowest BCUT2D eigenvalue weighted by Gasteiger charge is -2.17. The summed E-state index contributed by atoms with van der Waals surface area (Å²) in [5.41, 5.74) is 63.6. The second-order valence-corrected chi connectivity index (χ2v) is 33.6. The van der Waals surface area contributed by atoms with Gasteiger partial charge in [0.05, 0.1) is 50.4 Å². The summed E-state index contributed by atoms with van der Waals surface area (Å²) < 4.78 is 0. The molecule has 0 radical (unpaired) electrons. The van der Waals surface area contributed by atoms with Gasteiger partial charge in [-0.1, -0.05) is 0 Å². The summed E-state index contributed by atoms with van der Waals surface area (Å²) in [7, 11) is 0. The third kappa shape index (κ3) is 19.3. The predicted molar refractivity (Wildman–Crippen MR) is 497 cm³/mol. The lowest BCUT2D eigenvalue weighted by molar-refractivity contribution is 0.948. The van der Waals surface area contributed by atoms with E-state index in [4.69, 9.17) is 24.9 Å². The molecule has 0 spiro atoms. The molecular weight excluding hydrogens is 1400 g/mol. The molecular formula is C104H141N11. The fraction of sp³-hybridized carbons (Fsp3) is 0.452. The lowest BCUT2D eigenvalue weighted by atomic mass is 9.90. The maximum Gasteiger partial charge on any atom is 0.125 e. The quantitative estimate of drug-likeness (QED) is 0.143. The Morgan fingerprint density at radius 1 is 0.0870 bits per heavy atom. The number of benzene rings is 5. The fourth-order valence-electron chi connectivity index (χ4n) is 15.7. The molecule has 13 aromatic rings. The van der Waals surface area contributed by atoms with Crippen molar-refractivity contribution in [2.24, 2.45) is 0 Å². The van der Waals surface area contributed by atoms with Gasteiger partial charge in [0.15, 0.2) is 0 Å². The molecule has 0 saturated carbocycles. The molecule has 612 valence electrons. The second kappa shape index (κ2) is 37.5. The van der Waals surface area contributed by atoms with E-state index in [2.05, 4.69) is 272 Å². The van der Waals surface area contributed by atoms with Crippen LogP contribution in [-0.2, 0) is 0 Å². The molecule has 0 bridgehead atoms. The molecule has 0 aliphatic carbocycles. The van der Waals surface area contributed by atoms with Crippen molar-refractivity contribution in [1.82, 2.24) is 54.8 Å². The Labute approximate surface area is 694 Å². The number of pyridine rings is 5. The summed E-state index contributed by atoms with van der Waals surface area (Å²) in [6.45, 7) is 100. The summed E-state index contributed by atoms with van der Waals surface area (Å²) in [4.78, 5) is 49.5. The van der Waals surface area contributed by atoms with Crippen LogP contribution < -0.4 is 0 Å². The van der Waals surface area contributed by atoms with Crippen molar-refractivity contribution >= 4 is 54.5 Å². The SMILES string of the molecule is Cc1nc(C)c(C)c(C)n1.Cc1nc(C)c(C)c(C)n1.Cc1nc(C)c(C)nc1C.Cc1nc2c(C)c(C)c(C)c(C)c2c(C)c1C.Cc1nc2c(C)c(C)c(C)c(C)c2c(C)c1C.Cc1nc2c(C)c(C)c(C)c(C)c2c(C)c1C.Cc1nc2c(C)c(C)c(C)c(C)c2c(C)c1C.Cc1nc2c(C)c(C)c(C)c(C)c2c(C)c1C. The summed E-state index contributed by atoms with van der Waals surface area (Å²) >= 11 is 0. The van der Waals surface area contributed by atoms with Crippen molar-refractivity contribution in [3.63, 3.8) is 0 Å². The van der Waals surface area contributed by atoms with Crippen LogP contribution in [0.3, 0.4) is 0 Å². The van der Waals surface area contributed by atoms with Crippen LogP contribution in [0.2, 0.25) is 0 Å². The Balaban J connectivity index is 0.000000206. The first-order valence-corrected chi connectivity index (χ1v) is 41.2. The zero-order chi connectivity index (χ0) is 87.7. The molecule has 5 aromatic carbocycles. The van der Waals surface area contributed by atoms with E-state index < -0.39 is 0 Å². The molecule has 0 unspecified atom stereocenters. The largest absolute Gasteiger partial charge is 0.255 e. The highest BCUT2D eigenvalue weighted by atomic mass is 14.9. The highest BCUT2D eigenvalue weighted by Crippen LogP contribution is 2.38. The van der Waals surface area contributed by atoms with Gasteiger partial charge < -0.3 is 0 Å². The van der Waals surface area contributed by atoms with Crippen LogP contribution in [-0.4, -0.2) is 54.8 Å². The molecule has 8 aromatic heterocycles. The van der Waals surface area contributed by atoms with Gasteiger partial charge >= 0.3 is 0 Å². The second-order valence-electron chi connectivity index (χ2n) is 33.6. The van der Waals surface area contributed by atoms with E-state index >= 15 is 0 Å². The molecule has 115 heavy (non-hydrogen) atoms. The van der Waals surface area contributed by atoms with Gasteiger partial charge in [0.1, 0.15) is 11.6 Å². The smallest absolute Gasteiger partial charge is 0.125 e. The molecule has 0 amide bonds. The van der Waals surface area contributed by atoms with Crippen molar-refractivity contribution in [2.45, 2.75) is 325 Å².